The normalized spacial score (nSPS) is 12.2. The van der Waals surface area contributed by atoms with Crippen LogP contribution in [0.25, 0.3) is 12.0 Å². The first kappa shape index (κ1) is 19.9. The molecule has 0 bridgehead atoms. The highest BCUT2D eigenvalue weighted by Crippen LogP contribution is 2.14. The molecule has 0 aliphatic heterocycles. The molecule has 2 heterocycles. The zero-order valence-electron chi connectivity index (χ0n) is 16.6. The molecule has 0 atom stereocenters. The quantitative estimate of drug-likeness (QED) is 0.323. The Morgan fingerprint density at radius 3 is 2.68 bits per heavy atom. The van der Waals surface area contributed by atoms with Gasteiger partial charge < -0.3 is 0 Å². The predicted octanol–water partition coefficient (Wildman–Crippen LogP) is 5.24. The van der Waals surface area contributed by atoms with Crippen molar-refractivity contribution in [3.63, 3.8) is 0 Å². The number of rotatable bonds is 8. The van der Waals surface area contributed by atoms with Gasteiger partial charge >= 0.3 is 0 Å². The number of allylic oxidation sites excluding steroid dienone is 1. The predicted molar refractivity (Wildman–Crippen MR) is 116 cm³/mol. The lowest BCUT2D eigenvalue weighted by atomic mass is 10.1. The van der Waals surface area contributed by atoms with Crippen LogP contribution in [0, 0.1) is 18.6 Å². The van der Waals surface area contributed by atoms with Gasteiger partial charge in [0.1, 0.15) is 0 Å². The summed E-state index contributed by atoms with van der Waals surface area (Å²) in [6.07, 6.45) is 8.52. The Hall–Kier alpha value is -2.80. The van der Waals surface area contributed by atoms with E-state index >= 15 is 0 Å². The summed E-state index contributed by atoms with van der Waals surface area (Å²) in [5, 5.41) is 16.3. The van der Waals surface area contributed by atoms with Crippen molar-refractivity contribution in [2.75, 3.05) is 0 Å². The summed E-state index contributed by atoms with van der Waals surface area (Å²) in [4.78, 5) is 0. The number of nitrogens with one attached hydrogen (secondary N) is 1. The standard InChI is InChI=1S/C21H26N6S/c1-4-5-7-12-19(14-18-10-8-6-9-11-18)15-22-27-20(23-24-21(27)28)26-17(3)13-16(2)25-26/h6,8-11,13-15H,4-5,7,12H2,1-3H3,(H,24,28)/b19-14+,22-15-. The van der Waals surface area contributed by atoms with E-state index in [0.717, 1.165) is 35.4 Å². The van der Waals surface area contributed by atoms with Gasteiger partial charge in [-0.05, 0) is 56.1 Å². The summed E-state index contributed by atoms with van der Waals surface area (Å²) in [6, 6.07) is 12.3. The molecule has 0 unspecified atom stereocenters. The van der Waals surface area contributed by atoms with Crippen molar-refractivity contribution in [2.45, 2.75) is 46.5 Å². The summed E-state index contributed by atoms with van der Waals surface area (Å²) in [5.41, 5.74) is 4.22. The fraction of sp³-hybridized carbons (Fsp3) is 0.333. The monoisotopic (exact) mass is 394 g/mol. The van der Waals surface area contributed by atoms with E-state index in [9.17, 15) is 0 Å². The van der Waals surface area contributed by atoms with Gasteiger partial charge in [0.15, 0.2) is 0 Å². The van der Waals surface area contributed by atoms with Crippen molar-refractivity contribution >= 4 is 24.5 Å². The molecular formula is C21H26N6S. The lowest BCUT2D eigenvalue weighted by Gasteiger charge is -2.05. The molecule has 0 aliphatic carbocycles. The summed E-state index contributed by atoms with van der Waals surface area (Å²) in [6.45, 7) is 6.14. The minimum atomic E-state index is 0.437. The number of nitrogens with zero attached hydrogens (tertiary/aromatic N) is 5. The van der Waals surface area contributed by atoms with E-state index in [2.05, 4.69) is 45.5 Å². The van der Waals surface area contributed by atoms with Gasteiger partial charge in [0.25, 0.3) is 5.95 Å². The number of unbranched alkanes of at least 4 members (excludes halogenated alkanes) is 2. The van der Waals surface area contributed by atoms with Crippen LogP contribution in [0.5, 0.6) is 0 Å². The number of aromatic nitrogens is 5. The third-order valence-corrected chi connectivity index (χ3v) is 4.66. The van der Waals surface area contributed by atoms with Gasteiger partial charge in [0, 0.05) is 5.69 Å². The molecule has 3 aromatic rings. The van der Waals surface area contributed by atoms with Gasteiger partial charge in [-0.25, -0.2) is 9.78 Å². The fourth-order valence-electron chi connectivity index (χ4n) is 3.00. The summed E-state index contributed by atoms with van der Waals surface area (Å²) in [7, 11) is 0. The number of aromatic amines is 1. The minimum absolute atomic E-state index is 0.437. The maximum absolute atomic E-state index is 5.38. The Balaban J connectivity index is 1.93. The van der Waals surface area contributed by atoms with Crippen molar-refractivity contribution in [1.29, 1.82) is 0 Å². The van der Waals surface area contributed by atoms with Gasteiger partial charge in [0.2, 0.25) is 4.77 Å². The number of H-pyrrole nitrogens is 1. The van der Waals surface area contributed by atoms with E-state index in [0.29, 0.717) is 10.7 Å². The zero-order valence-corrected chi connectivity index (χ0v) is 17.4. The van der Waals surface area contributed by atoms with Crippen molar-refractivity contribution in [1.82, 2.24) is 24.7 Å². The Morgan fingerprint density at radius 1 is 1.21 bits per heavy atom. The van der Waals surface area contributed by atoms with Crippen LogP contribution in [0.1, 0.15) is 49.6 Å². The molecule has 0 aliphatic rings. The molecule has 6 nitrogen and oxygen atoms in total. The molecule has 0 radical (unpaired) electrons. The van der Waals surface area contributed by atoms with Crippen molar-refractivity contribution in [2.24, 2.45) is 5.10 Å². The molecule has 0 fully saturated rings. The van der Waals surface area contributed by atoms with E-state index in [4.69, 9.17) is 12.2 Å². The smallest absolute Gasteiger partial charge is 0.248 e. The topological polar surface area (TPSA) is 63.8 Å². The van der Waals surface area contributed by atoms with Gasteiger partial charge in [-0.15, -0.1) is 5.10 Å². The lowest BCUT2D eigenvalue weighted by Crippen LogP contribution is -2.07. The van der Waals surface area contributed by atoms with Crippen molar-refractivity contribution < 1.29 is 0 Å². The number of aryl methyl sites for hydroxylation is 2. The molecule has 0 saturated heterocycles. The molecule has 2 aromatic heterocycles. The molecule has 1 N–H and O–H groups in total. The molecule has 7 heteroatoms. The molecule has 0 saturated carbocycles. The van der Waals surface area contributed by atoms with E-state index in [1.807, 2.05) is 44.3 Å². The first-order valence-corrected chi connectivity index (χ1v) is 10.0. The van der Waals surface area contributed by atoms with Crippen LogP contribution in [-0.4, -0.2) is 30.9 Å². The number of hydrogen-bond acceptors (Lipinski definition) is 4. The third kappa shape index (κ3) is 4.92. The average molecular weight is 395 g/mol. The van der Waals surface area contributed by atoms with Gasteiger partial charge in [-0.2, -0.15) is 14.9 Å². The Bertz CT molecular complexity index is 1020. The number of hydrogen-bond donors (Lipinski definition) is 1. The van der Waals surface area contributed by atoms with E-state index in [1.54, 1.807) is 9.36 Å². The third-order valence-electron chi connectivity index (χ3n) is 4.39. The first-order valence-electron chi connectivity index (χ1n) is 9.59. The lowest BCUT2D eigenvalue weighted by molar-refractivity contribution is 0.710. The highest BCUT2D eigenvalue weighted by molar-refractivity contribution is 7.71. The maximum Gasteiger partial charge on any atom is 0.271 e. The average Bonchev–Trinajstić information content (AvgIpc) is 3.21. The molecule has 146 valence electrons. The summed E-state index contributed by atoms with van der Waals surface area (Å²) < 4.78 is 3.80. The Morgan fingerprint density at radius 2 is 2.00 bits per heavy atom. The second-order valence-electron chi connectivity index (χ2n) is 6.81. The van der Waals surface area contributed by atoms with Gasteiger partial charge in [-0.3, -0.25) is 0 Å². The van der Waals surface area contributed by atoms with Crippen LogP contribution in [0.2, 0.25) is 0 Å². The maximum atomic E-state index is 5.38. The van der Waals surface area contributed by atoms with E-state index < -0.39 is 0 Å². The SMILES string of the molecule is CCCCCC(/C=N\n1c(-n2nc(C)cc2C)n[nH]c1=S)=C\c1ccccc1. The van der Waals surface area contributed by atoms with Crippen LogP contribution in [0.3, 0.4) is 0 Å². The van der Waals surface area contributed by atoms with Gasteiger partial charge in [-0.1, -0.05) is 56.2 Å². The van der Waals surface area contributed by atoms with Crippen LogP contribution >= 0.6 is 12.2 Å². The van der Waals surface area contributed by atoms with Crippen LogP contribution in [0.4, 0.5) is 0 Å². The Kier molecular flexibility index (Phi) is 6.71. The molecule has 3 rings (SSSR count). The van der Waals surface area contributed by atoms with E-state index in [-0.39, 0.29) is 0 Å². The molecule has 28 heavy (non-hydrogen) atoms. The highest BCUT2D eigenvalue weighted by Gasteiger charge is 2.11. The summed E-state index contributed by atoms with van der Waals surface area (Å²) in [5.74, 6) is 0.555. The van der Waals surface area contributed by atoms with Gasteiger partial charge in [0.05, 0.1) is 11.9 Å². The van der Waals surface area contributed by atoms with E-state index in [1.165, 1.54) is 12.8 Å². The zero-order chi connectivity index (χ0) is 19.9. The van der Waals surface area contributed by atoms with Crippen LogP contribution in [-0.2, 0) is 0 Å². The number of benzene rings is 1. The second-order valence-corrected chi connectivity index (χ2v) is 7.20. The van der Waals surface area contributed by atoms with Crippen LogP contribution < -0.4 is 0 Å². The first-order chi connectivity index (χ1) is 13.6. The fourth-order valence-corrected chi connectivity index (χ4v) is 3.18. The Labute approximate surface area is 170 Å². The second kappa shape index (κ2) is 9.41. The molecule has 0 amide bonds. The van der Waals surface area contributed by atoms with Crippen LogP contribution in [0.15, 0.2) is 47.1 Å². The van der Waals surface area contributed by atoms with Crippen molar-refractivity contribution in [3.8, 4) is 5.95 Å². The van der Waals surface area contributed by atoms with Crippen molar-refractivity contribution in [3.05, 3.63) is 63.7 Å². The molecule has 1 aromatic carbocycles. The summed E-state index contributed by atoms with van der Waals surface area (Å²) >= 11 is 5.38. The highest BCUT2D eigenvalue weighted by atomic mass is 32.1. The minimum Gasteiger partial charge on any atom is -0.248 e. The molecule has 0 spiro atoms. The largest absolute Gasteiger partial charge is 0.271 e. The molecular weight excluding hydrogens is 368 g/mol.